The Kier molecular flexibility index (Phi) is 4.48. The predicted molar refractivity (Wildman–Crippen MR) is 70.1 cm³/mol. The maximum absolute atomic E-state index is 11.5. The number of benzene rings is 1. The zero-order valence-corrected chi connectivity index (χ0v) is 11.0. The van der Waals surface area contributed by atoms with Gasteiger partial charge in [0.15, 0.2) is 11.0 Å². The van der Waals surface area contributed by atoms with Crippen molar-refractivity contribution in [2.24, 2.45) is 0 Å². The van der Waals surface area contributed by atoms with Gasteiger partial charge in [-0.3, -0.25) is 5.32 Å². The average molecular weight is 299 g/mol. The molecule has 0 radical (unpaired) electrons. The van der Waals surface area contributed by atoms with Crippen molar-refractivity contribution in [1.82, 2.24) is 15.2 Å². The fourth-order valence-electron chi connectivity index (χ4n) is 1.23. The fourth-order valence-corrected chi connectivity index (χ4v) is 1.48. The molecule has 1 aromatic carbocycles. The number of nitrogens with zero attached hydrogens (tertiary/aromatic N) is 3. The van der Waals surface area contributed by atoms with Gasteiger partial charge in [-0.25, -0.2) is 4.79 Å². The second-order valence-electron chi connectivity index (χ2n) is 3.41. The number of carbonyl (C=O) groups is 1. The number of aromatic nitrogens is 3. The second kappa shape index (κ2) is 6.31. The molecule has 2 aromatic rings. The van der Waals surface area contributed by atoms with Crippen molar-refractivity contribution >= 4 is 35.1 Å². The highest BCUT2D eigenvalue weighted by atomic mass is 35.5. The van der Waals surface area contributed by atoms with Crippen LogP contribution in [-0.2, 0) is 11.3 Å². The Balaban J connectivity index is 1.93. The summed E-state index contributed by atoms with van der Waals surface area (Å²) < 4.78 is 4.99. The predicted octanol–water partition coefficient (Wildman–Crippen LogP) is 2.93. The van der Waals surface area contributed by atoms with Crippen LogP contribution in [0.3, 0.4) is 0 Å². The molecule has 2 rings (SSSR count). The molecule has 1 N–H and O–H groups in total. The molecule has 6 nitrogen and oxygen atoms in total. The molecule has 0 saturated heterocycles. The van der Waals surface area contributed by atoms with Crippen molar-refractivity contribution < 1.29 is 9.53 Å². The Hall–Kier alpha value is -1.92. The molecule has 0 aliphatic heterocycles. The first-order chi connectivity index (χ1) is 9.15. The molecule has 19 heavy (non-hydrogen) atoms. The molecule has 1 aromatic heterocycles. The van der Waals surface area contributed by atoms with Crippen LogP contribution in [0.5, 0.6) is 0 Å². The molecule has 0 saturated carbocycles. The minimum Gasteiger partial charge on any atom is -0.444 e. The van der Waals surface area contributed by atoms with Crippen LogP contribution in [-0.4, -0.2) is 21.3 Å². The summed E-state index contributed by atoms with van der Waals surface area (Å²) in [5, 5.41) is 9.06. The Labute approximate surface area is 118 Å². The van der Waals surface area contributed by atoms with Crippen LogP contribution in [0, 0.1) is 0 Å². The largest absolute Gasteiger partial charge is 0.444 e. The van der Waals surface area contributed by atoms with E-state index in [9.17, 15) is 4.79 Å². The van der Waals surface area contributed by atoms with E-state index in [1.165, 1.54) is 0 Å². The van der Waals surface area contributed by atoms with E-state index in [1.807, 2.05) is 30.3 Å². The molecule has 98 valence electrons. The van der Waals surface area contributed by atoms with Crippen molar-refractivity contribution in [3.63, 3.8) is 0 Å². The van der Waals surface area contributed by atoms with Crippen LogP contribution in [0.4, 0.5) is 10.6 Å². The van der Waals surface area contributed by atoms with E-state index in [0.717, 1.165) is 5.56 Å². The van der Waals surface area contributed by atoms with Crippen LogP contribution in [0.25, 0.3) is 0 Å². The molecule has 1 heterocycles. The maximum atomic E-state index is 11.5. The van der Waals surface area contributed by atoms with Crippen LogP contribution < -0.4 is 5.32 Å². The van der Waals surface area contributed by atoms with E-state index < -0.39 is 6.09 Å². The van der Waals surface area contributed by atoms with Gasteiger partial charge in [-0.05, 0) is 17.2 Å². The van der Waals surface area contributed by atoms with Crippen LogP contribution in [0.1, 0.15) is 5.56 Å². The number of hydrogen-bond acceptors (Lipinski definition) is 5. The van der Waals surface area contributed by atoms with E-state index in [0.29, 0.717) is 0 Å². The van der Waals surface area contributed by atoms with E-state index in [-0.39, 0.29) is 22.9 Å². The average Bonchev–Trinajstić information content (AvgIpc) is 2.42. The van der Waals surface area contributed by atoms with Crippen molar-refractivity contribution in [1.29, 1.82) is 0 Å². The van der Waals surface area contributed by atoms with E-state index >= 15 is 0 Å². The lowest BCUT2D eigenvalue weighted by Gasteiger charge is -2.06. The van der Waals surface area contributed by atoms with Gasteiger partial charge in [0, 0.05) is 0 Å². The van der Waals surface area contributed by atoms with Crippen LogP contribution >= 0.6 is 23.2 Å². The third-order valence-electron chi connectivity index (χ3n) is 2.05. The number of hydrogen-bond donors (Lipinski definition) is 1. The van der Waals surface area contributed by atoms with Gasteiger partial charge in [0.1, 0.15) is 6.61 Å². The molecule has 0 atom stereocenters. The smallest absolute Gasteiger partial charge is 0.413 e. The lowest BCUT2D eigenvalue weighted by atomic mass is 10.2. The van der Waals surface area contributed by atoms with E-state index in [1.54, 1.807) is 0 Å². The van der Waals surface area contributed by atoms with Crippen molar-refractivity contribution in [3.8, 4) is 0 Å². The molecular weight excluding hydrogens is 291 g/mol. The molecule has 0 aliphatic carbocycles. The standard InChI is InChI=1S/C11H8Cl2N4O2/c12-8-9(14-10(13)17-16-8)15-11(18)19-6-7-4-2-1-3-5-7/h1-5H,6H2,(H,14,15,17,18). The minimum absolute atomic E-state index is 0.000252. The van der Waals surface area contributed by atoms with Gasteiger partial charge in [0.2, 0.25) is 5.28 Å². The summed E-state index contributed by atoms with van der Waals surface area (Å²) in [6.07, 6.45) is -0.706. The number of ether oxygens (including phenoxy) is 1. The summed E-state index contributed by atoms with van der Waals surface area (Å²) in [6, 6.07) is 9.24. The quantitative estimate of drug-likeness (QED) is 0.943. The van der Waals surface area contributed by atoms with Gasteiger partial charge in [-0.2, -0.15) is 4.98 Å². The summed E-state index contributed by atoms with van der Waals surface area (Å²) >= 11 is 11.2. The topological polar surface area (TPSA) is 77.0 Å². The maximum Gasteiger partial charge on any atom is 0.413 e. The molecule has 0 bridgehead atoms. The third-order valence-corrected chi connectivity index (χ3v) is 2.47. The normalized spacial score (nSPS) is 10.0. The summed E-state index contributed by atoms with van der Waals surface area (Å²) in [5.74, 6) is -0.000252. The van der Waals surface area contributed by atoms with Crippen molar-refractivity contribution in [2.75, 3.05) is 5.32 Å². The summed E-state index contributed by atoms with van der Waals surface area (Å²) in [7, 11) is 0. The Bertz CT molecular complexity index is 580. The molecular formula is C11H8Cl2N4O2. The number of amides is 1. The molecule has 8 heteroatoms. The zero-order valence-electron chi connectivity index (χ0n) is 9.51. The first-order valence-electron chi connectivity index (χ1n) is 5.18. The van der Waals surface area contributed by atoms with Gasteiger partial charge in [-0.1, -0.05) is 41.9 Å². The van der Waals surface area contributed by atoms with Gasteiger partial charge in [0.05, 0.1) is 0 Å². The van der Waals surface area contributed by atoms with E-state index in [4.69, 9.17) is 27.9 Å². The van der Waals surface area contributed by atoms with Gasteiger partial charge in [-0.15, -0.1) is 10.2 Å². The zero-order chi connectivity index (χ0) is 13.7. The van der Waals surface area contributed by atoms with E-state index in [2.05, 4.69) is 20.5 Å². The number of carbonyl (C=O) groups excluding carboxylic acids is 1. The Morgan fingerprint density at radius 2 is 1.95 bits per heavy atom. The Morgan fingerprint density at radius 3 is 2.68 bits per heavy atom. The summed E-state index contributed by atoms with van der Waals surface area (Å²) in [6.45, 7) is 0.135. The number of halogens is 2. The summed E-state index contributed by atoms with van der Waals surface area (Å²) in [4.78, 5) is 15.2. The minimum atomic E-state index is -0.706. The number of anilines is 1. The van der Waals surface area contributed by atoms with Crippen LogP contribution in [0.15, 0.2) is 30.3 Å². The fraction of sp³-hybridized carbons (Fsp3) is 0.0909. The first kappa shape index (κ1) is 13.5. The monoisotopic (exact) mass is 298 g/mol. The summed E-state index contributed by atoms with van der Waals surface area (Å²) in [5.41, 5.74) is 0.864. The SMILES string of the molecule is O=C(Nc1nc(Cl)nnc1Cl)OCc1ccccc1. The van der Waals surface area contributed by atoms with Crippen molar-refractivity contribution in [2.45, 2.75) is 6.61 Å². The molecule has 0 spiro atoms. The van der Waals surface area contributed by atoms with Crippen LogP contribution in [0.2, 0.25) is 10.4 Å². The molecule has 0 aliphatic rings. The first-order valence-corrected chi connectivity index (χ1v) is 5.94. The lowest BCUT2D eigenvalue weighted by molar-refractivity contribution is 0.155. The second-order valence-corrected chi connectivity index (χ2v) is 4.10. The highest BCUT2D eigenvalue weighted by Gasteiger charge is 2.10. The van der Waals surface area contributed by atoms with Gasteiger partial charge in [0.25, 0.3) is 0 Å². The highest BCUT2D eigenvalue weighted by Crippen LogP contribution is 2.16. The third kappa shape index (κ3) is 4.04. The molecule has 0 unspecified atom stereocenters. The van der Waals surface area contributed by atoms with Gasteiger partial charge < -0.3 is 4.74 Å². The van der Waals surface area contributed by atoms with Crippen molar-refractivity contribution in [3.05, 3.63) is 46.3 Å². The lowest BCUT2D eigenvalue weighted by Crippen LogP contribution is -2.15. The number of nitrogens with one attached hydrogen (secondary N) is 1. The Morgan fingerprint density at radius 1 is 1.21 bits per heavy atom. The van der Waals surface area contributed by atoms with Gasteiger partial charge >= 0.3 is 6.09 Å². The molecule has 0 fully saturated rings. The highest BCUT2D eigenvalue weighted by molar-refractivity contribution is 6.32. The molecule has 1 amide bonds. The number of rotatable bonds is 3.